The smallest absolute Gasteiger partial charge is 0.269 e. The third-order valence-electron chi connectivity index (χ3n) is 2.94. The third kappa shape index (κ3) is 3.25. The first kappa shape index (κ1) is 15.6. The SMILES string of the molecule is CC(C)(C)C(=O)N(c1ccc([N+](=O)[O-])cc1)c1cnccn1. The molecule has 0 aliphatic carbocycles. The van der Waals surface area contributed by atoms with Gasteiger partial charge in [0.25, 0.3) is 5.69 Å². The number of amides is 1. The molecule has 0 aliphatic heterocycles. The van der Waals surface area contributed by atoms with Crippen molar-refractivity contribution in [1.82, 2.24) is 9.97 Å². The Morgan fingerprint density at radius 2 is 1.82 bits per heavy atom. The number of rotatable bonds is 3. The average Bonchev–Trinajstić information content (AvgIpc) is 2.48. The van der Waals surface area contributed by atoms with Crippen LogP contribution >= 0.6 is 0 Å². The molecule has 0 saturated heterocycles. The maximum absolute atomic E-state index is 12.7. The van der Waals surface area contributed by atoms with Gasteiger partial charge in [0.05, 0.1) is 16.8 Å². The van der Waals surface area contributed by atoms with E-state index in [9.17, 15) is 14.9 Å². The molecule has 2 rings (SSSR count). The lowest BCUT2D eigenvalue weighted by molar-refractivity contribution is -0.384. The Balaban J connectivity index is 2.49. The Morgan fingerprint density at radius 3 is 2.27 bits per heavy atom. The average molecular weight is 300 g/mol. The highest BCUT2D eigenvalue weighted by Crippen LogP contribution is 2.30. The minimum atomic E-state index is -0.640. The summed E-state index contributed by atoms with van der Waals surface area (Å²) in [5, 5.41) is 10.7. The standard InChI is InChI=1S/C15H16N4O3/c1-15(2,3)14(20)18(13-10-16-8-9-17-13)11-4-6-12(7-5-11)19(21)22/h4-10H,1-3H3. The summed E-state index contributed by atoms with van der Waals surface area (Å²) in [6, 6.07) is 5.76. The van der Waals surface area contributed by atoms with Crippen molar-refractivity contribution in [3.05, 3.63) is 53.0 Å². The van der Waals surface area contributed by atoms with E-state index >= 15 is 0 Å². The van der Waals surface area contributed by atoms with Crippen molar-refractivity contribution >= 4 is 23.1 Å². The van der Waals surface area contributed by atoms with Gasteiger partial charge in [-0.05, 0) is 12.1 Å². The second-order valence-corrected chi connectivity index (χ2v) is 5.73. The van der Waals surface area contributed by atoms with Crippen LogP contribution < -0.4 is 4.90 Å². The summed E-state index contributed by atoms with van der Waals surface area (Å²) in [6.45, 7) is 5.39. The lowest BCUT2D eigenvalue weighted by atomic mass is 9.94. The summed E-state index contributed by atoms with van der Waals surface area (Å²) in [4.78, 5) is 32.5. The number of hydrogen-bond donors (Lipinski definition) is 0. The van der Waals surface area contributed by atoms with Crippen LogP contribution in [0.15, 0.2) is 42.9 Å². The van der Waals surface area contributed by atoms with Crippen LogP contribution in [0.4, 0.5) is 17.2 Å². The van der Waals surface area contributed by atoms with Gasteiger partial charge in [-0.1, -0.05) is 20.8 Å². The van der Waals surface area contributed by atoms with Crippen molar-refractivity contribution < 1.29 is 9.72 Å². The number of benzene rings is 1. The summed E-state index contributed by atoms with van der Waals surface area (Å²) in [6.07, 6.45) is 4.48. The number of hydrogen-bond acceptors (Lipinski definition) is 5. The van der Waals surface area contributed by atoms with Crippen LogP contribution in [0, 0.1) is 15.5 Å². The Bertz CT molecular complexity index is 678. The van der Waals surface area contributed by atoms with Crippen molar-refractivity contribution in [1.29, 1.82) is 0 Å². The number of anilines is 2. The van der Waals surface area contributed by atoms with Gasteiger partial charge >= 0.3 is 0 Å². The van der Waals surface area contributed by atoms with Crippen LogP contribution in [-0.2, 0) is 4.79 Å². The second-order valence-electron chi connectivity index (χ2n) is 5.73. The number of nitrogens with zero attached hydrogens (tertiary/aromatic N) is 4. The number of nitro groups is 1. The van der Waals surface area contributed by atoms with E-state index in [2.05, 4.69) is 9.97 Å². The molecule has 0 atom stereocenters. The van der Waals surface area contributed by atoms with Crippen LogP contribution in [0.1, 0.15) is 20.8 Å². The molecule has 7 heteroatoms. The fourth-order valence-corrected chi connectivity index (χ4v) is 1.82. The van der Waals surface area contributed by atoms with Crippen molar-refractivity contribution in [2.75, 3.05) is 4.90 Å². The highest BCUT2D eigenvalue weighted by Gasteiger charge is 2.30. The lowest BCUT2D eigenvalue weighted by Gasteiger charge is -2.28. The summed E-state index contributed by atoms with van der Waals surface area (Å²) in [7, 11) is 0. The summed E-state index contributed by atoms with van der Waals surface area (Å²) >= 11 is 0. The molecule has 0 N–H and O–H groups in total. The normalized spacial score (nSPS) is 11.0. The maximum atomic E-state index is 12.7. The zero-order valence-electron chi connectivity index (χ0n) is 12.6. The molecule has 7 nitrogen and oxygen atoms in total. The van der Waals surface area contributed by atoms with Gasteiger partial charge in [-0.3, -0.25) is 24.8 Å². The molecule has 0 saturated carbocycles. The Kier molecular flexibility index (Phi) is 4.16. The molecule has 114 valence electrons. The molecule has 1 aromatic carbocycles. The van der Waals surface area contributed by atoms with Gasteiger partial charge in [0, 0.05) is 29.9 Å². The minimum absolute atomic E-state index is 0.0361. The zero-order chi connectivity index (χ0) is 16.3. The fraction of sp³-hybridized carbons (Fsp3) is 0.267. The van der Waals surface area contributed by atoms with Crippen molar-refractivity contribution in [2.45, 2.75) is 20.8 Å². The van der Waals surface area contributed by atoms with Crippen LogP contribution in [-0.4, -0.2) is 20.8 Å². The number of non-ortho nitro benzene ring substituents is 1. The molecule has 1 aromatic heterocycles. The van der Waals surface area contributed by atoms with E-state index in [-0.39, 0.29) is 11.6 Å². The molecule has 0 radical (unpaired) electrons. The topological polar surface area (TPSA) is 89.2 Å². The van der Waals surface area contributed by atoms with Crippen LogP contribution in [0.5, 0.6) is 0 Å². The minimum Gasteiger partial charge on any atom is -0.273 e. The second kappa shape index (κ2) is 5.88. The van der Waals surface area contributed by atoms with E-state index in [4.69, 9.17) is 0 Å². The molecule has 22 heavy (non-hydrogen) atoms. The summed E-state index contributed by atoms with van der Waals surface area (Å²) in [5.74, 6) is 0.193. The van der Waals surface area contributed by atoms with Crippen molar-refractivity contribution in [3.8, 4) is 0 Å². The molecule has 0 fully saturated rings. The number of carbonyl (C=O) groups excluding carboxylic acids is 1. The maximum Gasteiger partial charge on any atom is 0.269 e. The predicted molar refractivity (Wildman–Crippen MR) is 81.7 cm³/mol. The van der Waals surface area contributed by atoms with E-state index in [1.807, 2.05) is 0 Å². The monoisotopic (exact) mass is 300 g/mol. The molecular weight excluding hydrogens is 284 g/mol. The van der Waals surface area contributed by atoms with Gasteiger partial charge < -0.3 is 0 Å². The third-order valence-corrected chi connectivity index (χ3v) is 2.94. The molecule has 0 unspecified atom stereocenters. The van der Waals surface area contributed by atoms with Gasteiger partial charge in [0.2, 0.25) is 5.91 Å². The van der Waals surface area contributed by atoms with Gasteiger partial charge in [-0.25, -0.2) is 4.98 Å². The van der Waals surface area contributed by atoms with E-state index < -0.39 is 10.3 Å². The number of carbonyl (C=O) groups is 1. The van der Waals surface area contributed by atoms with Crippen LogP contribution in [0.25, 0.3) is 0 Å². The first-order valence-electron chi connectivity index (χ1n) is 6.66. The molecule has 0 spiro atoms. The molecule has 0 aliphatic rings. The van der Waals surface area contributed by atoms with Crippen molar-refractivity contribution in [2.24, 2.45) is 5.41 Å². The lowest BCUT2D eigenvalue weighted by Crippen LogP contribution is -2.36. The highest BCUT2D eigenvalue weighted by atomic mass is 16.6. The molecule has 0 bridgehead atoms. The first-order valence-corrected chi connectivity index (χ1v) is 6.66. The largest absolute Gasteiger partial charge is 0.273 e. The highest BCUT2D eigenvalue weighted by molar-refractivity contribution is 6.02. The van der Waals surface area contributed by atoms with E-state index in [0.717, 1.165) is 0 Å². The quantitative estimate of drug-likeness (QED) is 0.642. The Morgan fingerprint density at radius 1 is 1.18 bits per heavy atom. The molecule has 1 amide bonds. The molecule has 2 aromatic rings. The number of nitro benzene ring substituents is 1. The van der Waals surface area contributed by atoms with Gasteiger partial charge in [0.1, 0.15) is 0 Å². The van der Waals surface area contributed by atoms with Gasteiger partial charge in [-0.15, -0.1) is 0 Å². The van der Waals surface area contributed by atoms with E-state index in [1.165, 1.54) is 47.8 Å². The van der Waals surface area contributed by atoms with Gasteiger partial charge in [-0.2, -0.15) is 0 Å². The van der Waals surface area contributed by atoms with E-state index in [1.54, 1.807) is 20.8 Å². The van der Waals surface area contributed by atoms with Crippen LogP contribution in [0.2, 0.25) is 0 Å². The Hall–Kier alpha value is -2.83. The Labute approximate surface area is 127 Å². The molecule has 1 heterocycles. The predicted octanol–water partition coefficient (Wildman–Crippen LogP) is 3.10. The summed E-state index contributed by atoms with van der Waals surface area (Å²) < 4.78 is 0. The number of aromatic nitrogens is 2. The van der Waals surface area contributed by atoms with Crippen LogP contribution in [0.3, 0.4) is 0 Å². The first-order chi connectivity index (χ1) is 10.3. The zero-order valence-corrected chi connectivity index (χ0v) is 12.6. The van der Waals surface area contributed by atoms with Crippen molar-refractivity contribution in [3.63, 3.8) is 0 Å². The summed E-state index contributed by atoms with van der Waals surface area (Å²) in [5.41, 5.74) is -0.170. The van der Waals surface area contributed by atoms with Gasteiger partial charge in [0.15, 0.2) is 5.82 Å². The van der Waals surface area contributed by atoms with E-state index in [0.29, 0.717) is 11.5 Å². The fourth-order valence-electron chi connectivity index (χ4n) is 1.82. The molecular formula is C15H16N4O3.